The average Bonchev–Trinajstić information content (AvgIpc) is 3.03. The van der Waals surface area contributed by atoms with E-state index in [1.54, 1.807) is 18.2 Å². The number of rotatable bonds is 8. The third-order valence-corrected chi connectivity index (χ3v) is 4.35. The minimum Gasteiger partial charge on any atom is -0.492 e. The van der Waals surface area contributed by atoms with Gasteiger partial charge in [-0.25, -0.2) is 4.98 Å². The molecule has 3 rings (SSSR count). The van der Waals surface area contributed by atoms with Gasteiger partial charge in [0, 0.05) is 36.8 Å². The SMILES string of the molecule is O=C(CCCOc1ccc(Cl)cc1Cl)NCCc1cn2ccccc2n1. The van der Waals surface area contributed by atoms with Crippen LogP contribution in [0.15, 0.2) is 48.8 Å². The van der Waals surface area contributed by atoms with Gasteiger partial charge in [-0.15, -0.1) is 0 Å². The molecule has 1 aromatic carbocycles. The van der Waals surface area contributed by atoms with E-state index in [0.29, 0.717) is 48.2 Å². The van der Waals surface area contributed by atoms with E-state index in [1.165, 1.54) is 0 Å². The predicted octanol–water partition coefficient (Wildman–Crippen LogP) is 4.16. The molecule has 0 aliphatic heterocycles. The second-order valence-corrected chi connectivity index (χ2v) is 6.67. The molecule has 26 heavy (non-hydrogen) atoms. The maximum Gasteiger partial charge on any atom is 0.220 e. The Kier molecular flexibility index (Phi) is 6.36. The van der Waals surface area contributed by atoms with Crippen LogP contribution in [0, 0.1) is 0 Å². The van der Waals surface area contributed by atoms with Crippen LogP contribution in [0.25, 0.3) is 5.65 Å². The van der Waals surface area contributed by atoms with E-state index in [1.807, 2.05) is 35.0 Å². The minimum atomic E-state index is -0.000401. The van der Waals surface area contributed by atoms with Gasteiger partial charge in [0.25, 0.3) is 0 Å². The zero-order valence-corrected chi connectivity index (χ0v) is 15.6. The molecule has 0 aliphatic rings. The molecule has 0 saturated carbocycles. The zero-order chi connectivity index (χ0) is 18.4. The number of pyridine rings is 1. The first kappa shape index (κ1) is 18.5. The number of halogens is 2. The molecule has 0 atom stereocenters. The molecule has 0 bridgehead atoms. The van der Waals surface area contributed by atoms with E-state index in [9.17, 15) is 4.79 Å². The van der Waals surface area contributed by atoms with Gasteiger partial charge in [0.2, 0.25) is 5.91 Å². The second-order valence-electron chi connectivity index (χ2n) is 5.83. The van der Waals surface area contributed by atoms with Gasteiger partial charge in [-0.2, -0.15) is 0 Å². The maximum absolute atomic E-state index is 11.9. The fourth-order valence-electron chi connectivity index (χ4n) is 2.53. The summed E-state index contributed by atoms with van der Waals surface area (Å²) < 4.78 is 7.53. The first-order chi connectivity index (χ1) is 12.6. The summed E-state index contributed by atoms with van der Waals surface area (Å²) in [5.41, 5.74) is 1.86. The van der Waals surface area contributed by atoms with Crippen LogP contribution in [0.3, 0.4) is 0 Å². The number of imidazole rings is 1. The van der Waals surface area contributed by atoms with Crippen molar-refractivity contribution in [3.63, 3.8) is 0 Å². The van der Waals surface area contributed by atoms with Crippen molar-refractivity contribution in [1.82, 2.24) is 14.7 Å². The van der Waals surface area contributed by atoms with Gasteiger partial charge in [0.1, 0.15) is 11.4 Å². The normalized spacial score (nSPS) is 10.8. The van der Waals surface area contributed by atoms with Crippen molar-refractivity contribution in [3.05, 3.63) is 64.5 Å². The largest absolute Gasteiger partial charge is 0.492 e. The molecule has 2 heterocycles. The Labute approximate surface area is 161 Å². The number of aromatic nitrogens is 2. The molecule has 1 N–H and O–H groups in total. The summed E-state index contributed by atoms with van der Waals surface area (Å²) in [6.07, 6.45) is 5.64. The minimum absolute atomic E-state index is 0.000401. The topological polar surface area (TPSA) is 55.6 Å². The van der Waals surface area contributed by atoms with E-state index in [2.05, 4.69) is 10.3 Å². The van der Waals surface area contributed by atoms with Gasteiger partial charge in [-0.3, -0.25) is 4.79 Å². The van der Waals surface area contributed by atoms with Crippen LogP contribution in [0.2, 0.25) is 10.0 Å². The Morgan fingerprint density at radius 1 is 1.23 bits per heavy atom. The number of nitrogens with one attached hydrogen (secondary N) is 1. The lowest BCUT2D eigenvalue weighted by molar-refractivity contribution is -0.121. The first-order valence-corrected chi connectivity index (χ1v) is 9.14. The molecular formula is C19H19Cl2N3O2. The summed E-state index contributed by atoms with van der Waals surface area (Å²) in [6, 6.07) is 10.9. The third-order valence-electron chi connectivity index (χ3n) is 3.82. The van der Waals surface area contributed by atoms with Crippen molar-refractivity contribution in [2.24, 2.45) is 0 Å². The molecule has 2 aromatic heterocycles. The van der Waals surface area contributed by atoms with Crippen LogP contribution in [0.1, 0.15) is 18.5 Å². The number of fused-ring (bicyclic) bond motifs is 1. The van der Waals surface area contributed by atoms with Gasteiger partial charge < -0.3 is 14.5 Å². The summed E-state index contributed by atoms with van der Waals surface area (Å²) in [4.78, 5) is 16.4. The van der Waals surface area contributed by atoms with Crippen molar-refractivity contribution in [2.45, 2.75) is 19.3 Å². The van der Waals surface area contributed by atoms with Gasteiger partial charge in [0.15, 0.2) is 0 Å². The lowest BCUT2D eigenvalue weighted by Crippen LogP contribution is -2.25. The number of amides is 1. The van der Waals surface area contributed by atoms with Crippen LogP contribution in [0.4, 0.5) is 0 Å². The van der Waals surface area contributed by atoms with Crippen LogP contribution in [0.5, 0.6) is 5.75 Å². The Bertz CT molecular complexity index is 862. The van der Waals surface area contributed by atoms with E-state index in [4.69, 9.17) is 27.9 Å². The monoisotopic (exact) mass is 391 g/mol. The van der Waals surface area contributed by atoms with Crippen LogP contribution >= 0.6 is 23.2 Å². The number of carbonyl (C=O) groups excluding carboxylic acids is 1. The Morgan fingerprint density at radius 3 is 2.92 bits per heavy atom. The van der Waals surface area contributed by atoms with Crippen molar-refractivity contribution < 1.29 is 9.53 Å². The van der Waals surface area contributed by atoms with Crippen LogP contribution < -0.4 is 10.1 Å². The molecule has 5 nitrogen and oxygen atoms in total. The van der Waals surface area contributed by atoms with E-state index in [0.717, 1.165) is 11.3 Å². The molecular weight excluding hydrogens is 373 g/mol. The molecule has 0 radical (unpaired) electrons. The molecule has 0 aliphatic carbocycles. The second kappa shape index (κ2) is 8.92. The lowest BCUT2D eigenvalue weighted by Gasteiger charge is -2.08. The number of nitrogens with zero attached hydrogens (tertiary/aromatic N) is 2. The van der Waals surface area contributed by atoms with Crippen molar-refractivity contribution >= 4 is 34.8 Å². The zero-order valence-electron chi connectivity index (χ0n) is 14.1. The number of benzene rings is 1. The van der Waals surface area contributed by atoms with Gasteiger partial charge in [0.05, 0.1) is 17.3 Å². The molecule has 0 fully saturated rings. The molecule has 0 unspecified atom stereocenters. The fraction of sp³-hybridized carbons (Fsp3) is 0.263. The summed E-state index contributed by atoms with van der Waals surface area (Å²) in [7, 11) is 0. The Balaban J connectivity index is 1.34. The summed E-state index contributed by atoms with van der Waals surface area (Å²) in [6.45, 7) is 0.980. The number of ether oxygens (including phenoxy) is 1. The number of carbonyl (C=O) groups is 1. The lowest BCUT2D eigenvalue weighted by atomic mass is 10.3. The summed E-state index contributed by atoms with van der Waals surface area (Å²) in [5, 5.41) is 3.94. The summed E-state index contributed by atoms with van der Waals surface area (Å²) in [5.74, 6) is 0.572. The highest BCUT2D eigenvalue weighted by Crippen LogP contribution is 2.27. The van der Waals surface area contributed by atoms with Gasteiger partial charge in [-0.05, 0) is 36.8 Å². The van der Waals surface area contributed by atoms with Crippen LogP contribution in [-0.2, 0) is 11.2 Å². The molecule has 3 aromatic rings. The van der Waals surface area contributed by atoms with E-state index >= 15 is 0 Å². The fourth-order valence-corrected chi connectivity index (χ4v) is 3.00. The Morgan fingerprint density at radius 2 is 2.12 bits per heavy atom. The summed E-state index contributed by atoms with van der Waals surface area (Å²) >= 11 is 11.9. The van der Waals surface area contributed by atoms with Crippen molar-refractivity contribution in [3.8, 4) is 5.75 Å². The smallest absolute Gasteiger partial charge is 0.220 e. The number of hydrogen-bond donors (Lipinski definition) is 1. The standard InChI is InChI=1S/C19H19Cl2N3O2/c20-14-6-7-17(16(21)12-14)26-11-3-5-19(25)22-9-8-15-13-24-10-2-1-4-18(24)23-15/h1-2,4,6-7,10,12-13H,3,5,8-9,11H2,(H,22,25). The first-order valence-electron chi connectivity index (χ1n) is 8.39. The molecule has 136 valence electrons. The highest BCUT2D eigenvalue weighted by Gasteiger charge is 2.05. The molecule has 0 saturated heterocycles. The van der Waals surface area contributed by atoms with Crippen molar-refractivity contribution in [1.29, 1.82) is 0 Å². The highest BCUT2D eigenvalue weighted by atomic mass is 35.5. The van der Waals surface area contributed by atoms with Gasteiger partial charge in [-0.1, -0.05) is 29.3 Å². The third kappa shape index (κ3) is 5.13. The van der Waals surface area contributed by atoms with E-state index in [-0.39, 0.29) is 5.91 Å². The van der Waals surface area contributed by atoms with Crippen molar-refractivity contribution in [2.75, 3.05) is 13.2 Å². The highest BCUT2D eigenvalue weighted by molar-refractivity contribution is 6.35. The molecule has 7 heteroatoms. The van der Waals surface area contributed by atoms with Gasteiger partial charge >= 0.3 is 0 Å². The average molecular weight is 392 g/mol. The maximum atomic E-state index is 11.9. The quantitative estimate of drug-likeness (QED) is 0.586. The van der Waals surface area contributed by atoms with Crippen LogP contribution in [-0.4, -0.2) is 28.4 Å². The predicted molar refractivity (Wildman–Crippen MR) is 103 cm³/mol. The Hall–Kier alpha value is -2.24. The van der Waals surface area contributed by atoms with E-state index < -0.39 is 0 Å². The number of hydrogen-bond acceptors (Lipinski definition) is 3. The molecule has 1 amide bonds. The molecule has 0 spiro atoms.